The average molecular weight is 479 g/mol. The molecule has 0 saturated heterocycles. The molecule has 2 heterocycles. The van der Waals surface area contributed by atoms with E-state index in [4.69, 9.17) is 10.7 Å². The molecule has 2 aromatic heterocycles. The lowest BCUT2D eigenvalue weighted by atomic mass is 9.98. The van der Waals surface area contributed by atoms with E-state index in [1.165, 1.54) is 0 Å². The molecule has 0 spiro atoms. The van der Waals surface area contributed by atoms with Crippen molar-refractivity contribution in [2.45, 2.75) is 0 Å². The molecule has 4 aromatic carbocycles. The van der Waals surface area contributed by atoms with Crippen molar-refractivity contribution in [3.8, 4) is 33.6 Å². The number of carbonyl (C=O) groups excluding carboxylic acids is 1. The van der Waals surface area contributed by atoms with E-state index in [1.807, 2.05) is 109 Å². The van der Waals surface area contributed by atoms with Crippen molar-refractivity contribution in [2.24, 2.45) is 0 Å². The zero-order valence-electron chi connectivity index (χ0n) is 19.9. The third-order valence-corrected chi connectivity index (χ3v) is 6.30. The maximum absolute atomic E-state index is 12.7. The van der Waals surface area contributed by atoms with Crippen molar-refractivity contribution >= 4 is 22.8 Å². The molecule has 0 aliphatic carbocycles. The fraction of sp³-hybridized carbons (Fsp3) is 0. The van der Waals surface area contributed by atoms with E-state index in [0.717, 1.165) is 27.9 Å². The van der Waals surface area contributed by atoms with Gasteiger partial charge in [0.1, 0.15) is 11.2 Å². The number of hydrogen-bond donors (Lipinski definition) is 1. The number of fused-ring (bicyclic) bond motifs is 1. The fourth-order valence-electron chi connectivity index (χ4n) is 4.39. The van der Waals surface area contributed by atoms with Gasteiger partial charge >= 0.3 is 0 Å². The second kappa shape index (κ2) is 9.47. The van der Waals surface area contributed by atoms with Gasteiger partial charge in [-0.1, -0.05) is 109 Å². The Morgan fingerprint density at radius 2 is 1.08 bits per heavy atom. The predicted octanol–water partition coefficient (Wildman–Crippen LogP) is 6.84. The van der Waals surface area contributed by atoms with Crippen molar-refractivity contribution in [3.63, 3.8) is 0 Å². The van der Waals surface area contributed by atoms with Gasteiger partial charge in [-0.05, 0) is 23.3 Å². The Morgan fingerprint density at radius 3 is 1.76 bits per heavy atom. The summed E-state index contributed by atoms with van der Waals surface area (Å²) < 4.78 is 0. The van der Waals surface area contributed by atoms with Crippen LogP contribution in [0.3, 0.4) is 0 Å². The summed E-state index contributed by atoms with van der Waals surface area (Å²) in [6, 6.07) is 39.0. The largest absolute Gasteiger partial charge is 0.368 e. The summed E-state index contributed by atoms with van der Waals surface area (Å²) in [5.74, 6) is 0.243. The van der Waals surface area contributed by atoms with Crippen LogP contribution in [-0.4, -0.2) is 20.7 Å². The van der Waals surface area contributed by atoms with Crippen molar-refractivity contribution < 1.29 is 4.79 Å². The monoisotopic (exact) mass is 478 g/mol. The minimum Gasteiger partial charge on any atom is -0.368 e. The van der Waals surface area contributed by atoms with E-state index in [2.05, 4.69) is 22.1 Å². The van der Waals surface area contributed by atoms with Gasteiger partial charge in [-0.25, -0.2) is 15.0 Å². The third kappa shape index (κ3) is 4.46. The molecule has 0 unspecified atom stereocenters. The highest BCUT2D eigenvalue weighted by molar-refractivity contribution is 6.09. The molecule has 176 valence electrons. The lowest BCUT2D eigenvalue weighted by Gasteiger charge is -2.09. The molecule has 0 radical (unpaired) electrons. The van der Waals surface area contributed by atoms with Crippen LogP contribution >= 0.6 is 0 Å². The Balaban J connectivity index is 1.30. The molecule has 6 rings (SSSR count). The van der Waals surface area contributed by atoms with Gasteiger partial charge in [-0.3, -0.25) is 4.79 Å². The van der Waals surface area contributed by atoms with Gasteiger partial charge < -0.3 is 5.73 Å². The standard InChI is InChI=1S/C32H22N4O/c33-32-35-28-20-19-27(34-30(28)29(36-32)24-7-3-1-4-8-24)23-15-11-21(12-16-23)22-13-17-26(18-14-22)31(37)25-9-5-2-6-10-25/h1-20H,(H2,33,35,36). The van der Waals surface area contributed by atoms with Crippen LogP contribution in [0.4, 0.5) is 5.95 Å². The highest BCUT2D eigenvalue weighted by Gasteiger charge is 2.12. The van der Waals surface area contributed by atoms with Gasteiger partial charge in [0, 0.05) is 22.3 Å². The molecular weight excluding hydrogens is 456 g/mol. The fourth-order valence-corrected chi connectivity index (χ4v) is 4.39. The highest BCUT2D eigenvalue weighted by atomic mass is 16.1. The molecule has 0 fully saturated rings. The summed E-state index contributed by atoms with van der Waals surface area (Å²) in [6.07, 6.45) is 0. The SMILES string of the molecule is Nc1nc(-c2ccccc2)c2nc(-c3ccc(-c4ccc(C(=O)c5ccccc5)cc4)cc3)ccc2n1. The number of benzene rings is 4. The van der Waals surface area contributed by atoms with E-state index in [-0.39, 0.29) is 11.7 Å². The molecule has 0 bridgehead atoms. The predicted molar refractivity (Wildman–Crippen MR) is 148 cm³/mol. The number of rotatable bonds is 5. The first-order chi connectivity index (χ1) is 18.2. The average Bonchev–Trinajstić information content (AvgIpc) is 2.97. The quantitative estimate of drug-likeness (QED) is 0.274. The third-order valence-electron chi connectivity index (χ3n) is 6.30. The normalized spacial score (nSPS) is 10.9. The van der Waals surface area contributed by atoms with Crippen LogP contribution in [0, 0.1) is 0 Å². The Bertz CT molecular complexity index is 1710. The van der Waals surface area contributed by atoms with E-state index in [9.17, 15) is 4.79 Å². The van der Waals surface area contributed by atoms with E-state index in [0.29, 0.717) is 27.9 Å². The second-order valence-electron chi connectivity index (χ2n) is 8.71. The van der Waals surface area contributed by atoms with Crippen molar-refractivity contribution in [3.05, 3.63) is 132 Å². The lowest BCUT2D eigenvalue weighted by molar-refractivity contribution is 0.103. The molecule has 2 N–H and O–H groups in total. The molecule has 5 nitrogen and oxygen atoms in total. The lowest BCUT2D eigenvalue weighted by Crippen LogP contribution is -2.00. The first kappa shape index (κ1) is 22.3. The molecule has 0 aliphatic rings. The maximum atomic E-state index is 12.7. The summed E-state index contributed by atoms with van der Waals surface area (Å²) >= 11 is 0. The van der Waals surface area contributed by atoms with Gasteiger partial charge in [0.2, 0.25) is 5.95 Å². The zero-order chi connectivity index (χ0) is 25.2. The molecule has 37 heavy (non-hydrogen) atoms. The van der Waals surface area contributed by atoms with Crippen LogP contribution in [0.15, 0.2) is 121 Å². The molecule has 0 aliphatic heterocycles. The Kier molecular flexibility index (Phi) is 5.71. The second-order valence-corrected chi connectivity index (χ2v) is 8.71. The van der Waals surface area contributed by atoms with E-state index in [1.54, 1.807) is 0 Å². The summed E-state index contributed by atoms with van der Waals surface area (Å²) in [6.45, 7) is 0. The zero-order valence-corrected chi connectivity index (χ0v) is 19.9. The number of aromatic nitrogens is 3. The number of pyridine rings is 1. The Morgan fingerprint density at radius 1 is 0.514 bits per heavy atom. The van der Waals surface area contributed by atoms with Crippen LogP contribution in [0.25, 0.3) is 44.7 Å². The molecule has 0 saturated carbocycles. The smallest absolute Gasteiger partial charge is 0.221 e. The number of anilines is 1. The van der Waals surface area contributed by atoms with Crippen LogP contribution in [-0.2, 0) is 0 Å². The summed E-state index contributed by atoms with van der Waals surface area (Å²) in [7, 11) is 0. The van der Waals surface area contributed by atoms with Crippen LogP contribution < -0.4 is 5.73 Å². The highest BCUT2D eigenvalue weighted by Crippen LogP contribution is 2.29. The summed E-state index contributed by atoms with van der Waals surface area (Å²) in [5, 5.41) is 0. The Labute approximate surface area is 214 Å². The maximum Gasteiger partial charge on any atom is 0.221 e. The van der Waals surface area contributed by atoms with Crippen LogP contribution in [0.2, 0.25) is 0 Å². The van der Waals surface area contributed by atoms with Gasteiger partial charge in [0.25, 0.3) is 0 Å². The molecular formula is C32H22N4O. The van der Waals surface area contributed by atoms with Crippen molar-refractivity contribution in [2.75, 3.05) is 5.73 Å². The van der Waals surface area contributed by atoms with Crippen LogP contribution in [0.1, 0.15) is 15.9 Å². The van der Waals surface area contributed by atoms with Gasteiger partial charge in [0.15, 0.2) is 5.78 Å². The summed E-state index contributed by atoms with van der Waals surface area (Å²) in [4.78, 5) is 26.5. The minimum absolute atomic E-state index is 0.0190. The first-order valence-electron chi connectivity index (χ1n) is 12.0. The topological polar surface area (TPSA) is 81.8 Å². The van der Waals surface area contributed by atoms with Gasteiger partial charge in [0.05, 0.1) is 11.2 Å². The van der Waals surface area contributed by atoms with E-state index < -0.39 is 0 Å². The van der Waals surface area contributed by atoms with Crippen molar-refractivity contribution in [1.82, 2.24) is 15.0 Å². The Hall–Kier alpha value is -5.16. The number of nitrogen functional groups attached to an aromatic ring is 1. The number of hydrogen-bond acceptors (Lipinski definition) is 5. The van der Waals surface area contributed by atoms with Gasteiger partial charge in [-0.15, -0.1) is 0 Å². The number of nitrogens with two attached hydrogens (primary N) is 1. The first-order valence-corrected chi connectivity index (χ1v) is 12.0. The minimum atomic E-state index is 0.0190. The number of ketones is 1. The van der Waals surface area contributed by atoms with Gasteiger partial charge in [-0.2, -0.15) is 0 Å². The summed E-state index contributed by atoms with van der Waals surface area (Å²) in [5.41, 5.74) is 14.3. The molecule has 0 amide bonds. The molecule has 0 atom stereocenters. The van der Waals surface area contributed by atoms with Crippen molar-refractivity contribution in [1.29, 1.82) is 0 Å². The number of carbonyl (C=O) groups is 1. The van der Waals surface area contributed by atoms with Crippen LogP contribution in [0.5, 0.6) is 0 Å². The molecule has 5 heteroatoms. The van der Waals surface area contributed by atoms with E-state index >= 15 is 0 Å². The molecule has 6 aromatic rings. The number of nitrogens with zero attached hydrogens (tertiary/aromatic N) is 3.